The number of aromatic carboxylic acids is 1. The van der Waals surface area contributed by atoms with Crippen molar-refractivity contribution < 1.29 is 62.6 Å². The quantitative estimate of drug-likeness (QED) is 0.240. The van der Waals surface area contributed by atoms with Crippen LogP contribution in [-0.4, -0.2) is 19.5 Å². The molecule has 0 atom stereocenters. The van der Waals surface area contributed by atoms with Gasteiger partial charge in [-0.2, -0.15) is 39.5 Å². The summed E-state index contributed by atoms with van der Waals surface area (Å²) in [5, 5.41) is 9.72. The summed E-state index contributed by atoms with van der Waals surface area (Å²) in [6.07, 6.45) is -15.3. The zero-order valence-electron chi connectivity index (χ0n) is 22.3. The maximum Gasteiger partial charge on any atom is 0.416 e. The molecule has 0 aromatic heterocycles. The third-order valence-corrected chi connectivity index (χ3v) is 7.86. The summed E-state index contributed by atoms with van der Waals surface area (Å²) in [6, 6.07) is 4.59. The van der Waals surface area contributed by atoms with Crippen molar-refractivity contribution in [1.82, 2.24) is 0 Å². The molecule has 0 saturated heterocycles. The number of rotatable bonds is 8. The second kappa shape index (κ2) is 11.3. The summed E-state index contributed by atoms with van der Waals surface area (Å²) in [6.45, 7) is 5.47. The van der Waals surface area contributed by atoms with Crippen molar-refractivity contribution in [1.29, 1.82) is 0 Å². The van der Waals surface area contributed by atoms with Gasteiger partial charge in [0.25, 0.3) is 10.0 Å². The molecule has 6 nitrogen and oxygen atoms in total. The van der Waals surface area contributed by atoms with E-state index in [1.807, 2.05) is 20.8 Å². The average molecular weight is 644 g/mol. The molecule has 0 bridgehead atoms. The second-order valence-corrected chi connectivity index (χ2v) is 11.6. The molecular weight excluding hydrogens is 621 g/mol. The van der Waals surface area contributed by atoms with Gasteiger partial charge in [0.2, 0.25) is 0 Å². The van der Waals surface area contributed by atoms with Gasteiger partial charge in [0.15, 0.2) is 5.75 Å². The first-order valence-corrected chi connectivity index (χ1v) is 13.5. The molecule has 0 saturated carbocycles. The molecule has 0 aliphatic heterocycles. The van der Waals surface area contributed by atoms with Crippen LogP contribution in [0.2, 0.25) is 0 Å². The Morgan fingerprint density at radius 3 is 1.70 bits per heavy atom. The minimum Gasteiger partial charge on any atom is -0.478 e. The molecule has 0 aliphatic rings. The molecule has 234 valence electrons. The fourth-order valence-corrected chi connectivity index (χ4v) is 4.82. The first-order chi connectivity index (χ1) is 19.5. The Bertz CT molecular complexity index is 1610. The zero-order chi connectivity index (χ0) is 32.8. The van der Waals surface area contributed by atoms with Gasteiger partial charge in [0.1, 0.15) is 11.3 Å². The van der Waals surface area contributed by atoms with Crippen LogP contribution >= 0.6 is 0 Å². The third kappa shape index (κ3) is 7.72. The van der Waals surface area contributed by atoms with Crippen LogP contribution in [0, 0.1) is 0 Å². The van der Waals surface area contributed by atoms with Crippen LogP contribution in [-0.2, 0) is 34.0 Å². The van der Waals surface area contributed by atoms with Gasteiger partial charge < -0.3 is 9.84 Å². The average Bonchev–Trinajstić information content (AvgIpc) is 2.87. The van der Waals surface area contributed by atoms with Crippen LogP contribution in [0.25, 0.3) is 0 Å². The van der Waals surface area contributed by atoms with Gasteiger partial charge in [-0.3, -0.25) is 4.72 Å². The maximum absolute atomic E-state index is 13.5. The predicted octanol–water partition coefficient (Wildman–Crippen LogP) is 8.72. The van der Waals surface area contributed by atoms with Crippen molar-refractivity contribution in [2.24, 2.45) is 0 Å². The van der Waals surface area contributed by atoms with E-state index in [0.29, 0.717) is 24.1 Å². The summed E-state index contributed by atoms with van der Waals surface area (Å²) >= 11 is 0. The number of carboxylic acid groups (broad SMARTS) is 1. The number of halogens is 9. The van der Waals surface area contributed by atoms with Gasteiger partial charge in [0, 0.05) is 0 Å². The summed E-state index contributed by atoms with van der Waals surface area (Å²) in [5.41, 5.74) is -6.88. The van der Waals surface area contributed by atoms with E-state index >= 15 is 0 Å². The number of anilines is 1. The summed E-state index contributed by atoms with van der Waals surface area (Å²) in [5.74, 6) is -2.69. The van der Waals surface area contributed by atoms with Crippen LogP contribution in [0.4, 0.5) is 45.2 Å². The molecule has 0 spiro atoms. The lowest BCUT2D eigenvalue weighted by Crippen LogP contribution is -2.18. The highest BCUT2D eigenvalue weighted by Crippen LogP contribution is 2.41. The third-order valence-electron chi connectivity index (χ3n) is 6.52. The van der Waals surface area contributed by atoms with E-state index in [2.05, 4.69) is 0 Å². The normalized spacial score (nSPS) is 13.1. The Morgan fingerprint density at radius 2 is 1.23 bits per heavy atom. The minimum atomic E-state index is -5.43. The molecule has 0 heterocycles. The number of hydrogen-bond donors (Lipinski definition) is 2. The molecule has 2 N–H and O–H groups in total. The molecule has 3 rings (SSSR count). The van der Waals surface area contributed by atoms with Crippen molar-refractivity contribution in [2.45, 2.75) is 56.0 Å². The molecule has 0 amide bonds. The van der Waals surface area contributed by atoms with Gasteiger partial charge in [-0.25, -0.2) is 13.2 Å². The molecule has 0 radical (unpaired) electrons. The Balaban J connectivity index is 2.18. The number of alkyl halides is 9. The van der Waals surface area contributed by atoms with Gasteiger partial charge >= 0.3 is 24.5 Å². The largest absolute Gasteiger partial charge is 0.478 e. The van der Waals surface area contributed by atoms with E-state index in [-0.39, 0.29) is 24.3 Å². The van der Waals surface area contributed by atoms with Crippen molar-refractivity contribution in [3.05, 3.63) is 82.4 Å². The number of benzene rings is 3. The van der Waals surface area contributed by atoms with Crippen molar-refractivity contribution >= 4 is 21.7 Å². The molecule has 43 heavy (non-hydrogen) atoms. The Hall–Kier alpha value is -3.95. The van der Waals surface area contributed by atoms with Gasteiger partial charge in [0.05, 0.1) is 27.3 Å². The Labute approximate surface area is 239 Å². The highest BCUT2D eigenvalue weighted by atomic mass is 32.2. The number of carboxylic acids is 1. The molecule has 0 fully saturated rings. The number of nitrogens with one attached hydrogen (secondary N) is 1. The number of sulfonamides is 1. The lowest BCUT2D eigenvalue weighted by Gasteiger charge is -2.24. The van der Waals surface area contributed by atoms with Crippen LogP contribution < -0.4 is 9.46 Å². The van der Waals surface area contributed by atoms with Crippen LogP contribution in [0.5, 0.6) is 11.5 Å². The highest BCUT2D eigenvalue weighted by molar-refractivity contribution is 7.92. The lowest BCUT2D eigenvalue weighted by molar-refractivity contribution is -0.143. The zero-order valence-corrected chi connectivity index (χ0v) is 23.1. The Kier molecular flexibility index (Phi) is 8.80. The first-order valence-electron chi connectivity index (χ1n) is 12.0. The number of ether oxygens (including phenoxy) is 1. The Morgan fingerprint density at radius 1 is 0.744 bits per heavy atom. The molecule has 3 aromatic rings. The smallest absolute Gasteiger partial charge is 0.416 e. The number of hydrogen-bond acceptors (Lipinski definition) is 4. The van der Waals surface area contributed by atoms with Gasteiger partial charge in [-0.1, -0.05) is 26.8 Å². The van der Waals surface area contributed by atoms with E-state index in [4.69, 9.17) is 4.74 Å². The van der Waals surface area contributed by atoms with Crippen LogP contribution in [0.15, 0.2) is 59.5 Å². The van der Waals surface area contributed by atoms with E-state index in [1.54, 1.807) is 4.72 Å². The lowest BCUT2D eigenvalue weighted by atomic mass is 9.81. The second-order valence-electron chi connectivity index (χ2n) is 9.91. The molecule has 16 heteroatoms. The SMILES string of the molecule is CCC(C)(C)c1ccc(Oc2ccc(C(F)(F)F)cc2NS(=O)(=O)c2cc(C(F)(F)F)cc(C(F)(F)F)c2)c(C(=O)O)c1. The van der Waals surface area contributed by atoms with E-state index in [1.165, 1.54) is 18.2 Å². The minimum absolute atomic E-state index is 0.123. The van der Waals surface area contributed by atoms with Crippen LogP contribution in [0.3, 0.4) is 0 Å². The standard InChI is InChI=1S/C27H22F9NO5S/c1-4-24(2,3)14-5-7-21(19(12-14)23(38)39)42-22-8-6-15(25(28,29)30)13-20(22)37-43(40,41)18-10-16(26(31,32)33)9-17(11-18)27(34,35)36/h5-13,37H,4H2,1-3H3,(H,38,39). The molecule has 0 aliphatic carbocycles. The van der Waals surface area contributed by atoms with E-state index < -0.39 is 84.3 Å². The number of carbonyl (C=O) groups is 1. The monoisotopic (exact) mass is 643 g/mol. The predicted molar refractivity (Wildman–Crippen MR) is 135 cm³/mol. The van der Waals surface area contributed by atoms with Crippen molar-refractivity contribution in [2.75, 3.05) is 4.72 Å². The fraction of sp³-hybridized carbons (Fsp3) is 0.296. The highest BCUT2D eigenvalue weighted by Gasteiger charge is 2.39. The van der Waals surface area contributed by atoms with Crippen molar-refractivity contribution in [3.8, 4) is 11.5 Å². The fourth-order valence-electron chi connectivity index (χ4n) is 3.69. The van der Waals surface area contributed by atoms with E-state index in [9.17, 15) is 57.8 Å². The van der Waals surface area contributed by atoms with E-state index in [0.717, 1.165) is 0 Å². The topological polar surface area (TPSA) is 92.7 Å². The van der Waals surface area contributed by atoms with Gasteiger partial charge in [-0.15, -0.1) is 0 Å². The summed E-state index contributed by atoms with van der Waals surface area (Å²) in [4.78, 5) is 10.4. The molecule has 3 aromatic carbocycles. The molecular formula is C27H22F9NO5S. The maximum atomic E-state index is 13.5. The van der Waals surface area contributed by atoms with Crippen LogP contribution in [0.1, 0.15) is 59.8 Å². The van der Waals surface area contributed by atoms with Gasteiger partial charge in [-0.05, 0) is 65.9 Å². The summed E-state index contributed by atoms with van der Waals surface area (Å²) in [7, 11) is -5.43. The summed E-state index contributed by atoms with van der Waals surface area (Å²) < 4.78 is 153. The van der Waals surface area contributed by atoms with Crippen molar-refractivity contribution in [3.63, 3.8) is 0 Å². The first kappa shape index (κ1) is 33.6. The molecule has 0 unspecified atom stereocenters.